The molecule has 7 aromatic carbocycles. The summed E-state index contributed by atoms with van der Waals surface area (Å²) in [4.78, 5) is 5.01. The fourth-order valence-electron chi connectivity index (χ4n) is 7.59. The van der Waals surface area contributed by atoms with Crippen molar-refractivity contribution < 1.29 is 4.42 Å². The third-order valence-corrected chi connectivity index (χ3v) is 9.73. The van der Waals surface area contributed by atoms with Crippen LogP contribution in [-0.2, 0) is 0 Å². The van der Waals surface area contributed by atoms with Gasteiger partial charge in [-0.1, -0.05) is 127 Å². The quantitative estimate of drug-likeness (QED) is 0.201. The summed E-state index contributed by atoms with van der Waals surface area (Å²) in [5.41, 5.74) is 14.9. The number of nitrogens with zero attached hydrogens (tertiary/aromatic N) is 2. The molecule has 2 aromatic heterocycles. The van der Waals surface area contributed by atoms with Crippen molar-refractivity contribution in [2.24, 2.45) is 0 Å². The SMILES string of the molecule is c1ccc(-c2nc3ccccc3n2-c2ccc(-c3ccc4c(c3)oc3c(C5c6ccccc6-c6ccccc65)cccc34)cc2)cc1. The van der Waals surface area contributed by atoms with Gasteiger partial charge in [-0.3, -0.25) is 4.57 Å². The minimum atomic E-state index is 0.138. The minimum absolute atomic E-state index is 0.138. The van der Waals surface area contributed by atoms with E-state index >= 15 is 0 Å². The topological polar surface area (TPSA) is 31.0 Å². The maximum Gasteiger partial charge on any atom is 0.145 e. The zero-order chi connectivity index (χ0) is 30.9. The molecule has 10 rings (SSSR count). The van der Waals surface area contributed by atoms with Crippen LogP contribution in [0.15, 0.2) is 168 Å². The van der Waals surface area contributed by atoms with E-state index in [1.54, 1.807) is 0 Å². The lowest BCUT2D eigenvalue weighted by Crippen LogP contribution is -1.99. The Morgan fingerprint density at radius 3 is 1.94 bits per heavy atom. The number of fused-ring (bicyclic) bond motifs is 7. The summed E-state index contributed by atoms with van der Waals surface area (Å²) in [6, 6.07) is 58.2. The molecule has 3 heteroatoms. The average Bonchev–Trinajstić information content (AvgIpc) is 3.82. The Bertz CT molecular complexity index is 2580. The van der Waals surface area contributed by atoms with Gasteiger partial charge in [-0.25, -0.2) is 4.98 Å². The number of rotatable bonds is 4. The van der Waals surface area contributed by atoms with Crippen molar-refractivity contribution in [3.05, 3.63) is 180 Å². The average molecular weight is 601 g/mol. The summed E-state index contributed by atoms with van der Waals surface area (Å²) in [5, 5.41) is 2.29. The lowest BCUT2D eigenvalue weighted by molar-refractivity contribution is 0.661. The van der Waals surface area contributed by atoms with Gasteiger partial charge in [-0.2, -0.15) is 0 Å². The van der Waals surface area contributed by atoms with Crippen molar-refractivity contribution in [2.75, 3.05) is 0 Å². The monoisotopic (exact) mass is 600 g/mol. The van der Waals surface area contributed by atoms with Gasteiger partial charge < -0.3 is 4.42 Å². The molecule has 0 spiro atoms. The molecule has 0 fully saturated rings. The molecular weight excluding hydrogens is 572 g/mol. The van der Waals surface area contributed by atoms with Crippen molar-refractivity contribution in [1.82, 2.24) is 9.55 Å². The number of benzene rings is 7. The molecule has 0 saturated heterocycles. The number of imidazole rings is 1. The Balaban J connectivity index is 1.07. The molecule has 0 unspecified atom stereocenters. The van der Waals surface area contributed by atoms with Crippen LogP contribution in [0.1, 0.15) is 22.6 Å². The molecule has 47 heavy (non-hydrogen) atoms. The highest BCUT2D eigenvalue weighted by Gasteiger charge is 2.31. The van der Waals surface area contributed by atoms with E-state index in [4.69, 9.17) is 9.40 Å². The second-order valence-electron chi connectivity index (χ2n) is 12.3. The molecule has 9 aromatic rings. The molecule has 220 valence electrons. The van der Waals surface area contributed by atoms with E-state index in [0.29, 0.717) is 0 Å². The standard InChI is InChI=1S/C44H28N2O/c1-2-11-29(12-3-1)44-45-39-19-8-9-20-40(39)46(44)31-24-21-28(22-25-31)30-23-26-34-37-17-10-18-38(43(37)47-41(34)27-30)42-35-15-6-4-13-32(35)33-14-5-7-16-36(33)42/h1-27,42H. The predicted molar refractivity (Wildman–Crippen MR) is 192 cm³/mol. The van der Waals surface area contributed by atoms with Crippen LogP contribution < -0.4 is 0 Å². The number of furan rings is 1. The first kappa shape index (κ1) is 26.1. The number of aromatic nitrogens is 2. The second-order valence-corrected chi connectivity index (χ2v) is 12.3. The summed E-state index contributed by atoms with van der Waals surface area (Å²) in [6.07, 6.45) is 0. The van der Waals surface area contributed by atoms with Crippen LogP contribution >= 0.6 is 0 Å². The molecule has 0 saturated carbocycles. The van der Waals surface area contributed by atoms with E-state index in [1.165, 1.54) is 27.8 Å². The zero-order valence-electron chi connectivity index (χ0n) is 25.5. The first-order valence-corrected chi connectivity index (χ1v) is 16.1. The fourth-order valence-corrected chi connectivity index (χ4v) is 7.59. The third-order valence-electron chi connectivity index (χ3n) is 9.73. The van der Waals surface area contributed by atoms with E-state index in [9.17, 15) is 0 Å². The number of hydrogen-bond acceptors (Lipinski definition) is 2. The van der Waals surface area contributed by atoms with Crippen molar-refractivity contribution in [3.8, 4) is 39.3 Å². The van der Waals surface area contributed by atoms with E-state index in [2.05, 4.69) is 156 Å². The van der Waals surface area contributed by atoms with Crippen LogP contribution in [0.5, 0.6) is 0 Å². The van der Waals surface area contributed by atoms with Gasteiger partial charge in [-0.05, 0) is 69.8 Å². The van der Waals surface area contributed by atoms with E-state index in [-0.39, 0.29) is 5.92 Å². The van der Waals surface area contributed by atoms with E-state index < -0.39 is 0 Å². The summed E-state index contributed by atoms with van der Waals surface area (Å²) >= 11 is 0. The lowest BCUT2D eigenvalue weighted by atomic mass is 9.88. The van der Waals surface area contributed by atoms with Gasteiger partial charge in [-0.15, -0.1) is 0 Å². The smallest absolute Gasteiger partial charge is 0.145 e. The normalized spacial score (nSPS) is 12.6. The van der Waals surface area contributed by atoms with Gasteiger partial charge in [0.25, 0.3) is 0 Å². The first-order valence-electron chi connectivity index (χ1n) is 16.1. The molecule has 3 nitrogen and oxygen atoms in total. The molecule has 0 bridgehead atoms. The predicted octanol–water partition coefficient (Wildman–Crippen LogP) is 11.4. The Morgan fingerprint density at radius 2 is 1.15 bits per heavy atom. The maximum atomic E-state index is 6.77. The highest BCUT2D eigenvalue weighted by molar-refractivity contribution is 6.07. The van der Waals surface area contributed by atoms with Crippen LogP contribution in [0, 0.1) is 0 Å². The van der Waals surface area contributed by atoms with Crippen LogP contribution in [-0.4, -0.2) is 9.55 Å². The highest BCUT2D eigenvalue weighted by atomic mass is 16.3. The summed E-state index contributed by atoms with van der Waals surface area (Å²) in [7, 11) is 0. The Labute approximate surface area is 272 Å². The van der Waals surface area contributed by atoms with Crippen molar-refractivity contribution in [1.29, 1.82) is 0 Å². The molecule has 1 aliphatic carbocycles. The molecule has 1 aliphatic rings. The van der Waals surface area contributed by atoms with Crippen LogP contribution in [0.4, 0.5) is 0 Å². The van der Waals surface area contributed by atoms with Crippen LogP contribution in [0.3, 0.4) is 0 Å². The van der Waals surface area contributed by atoms with Gasteiger partial charge in [0.15, 0.2) is 0 Å². The second kappa shape index (κ2) is 10.2. The van der Waals surface area contributed by atoms with Gasteiger partial charge in [0.1, 0.15) is 17.0 Å². The first-order chi connectivity index (χ1) is 23.3. The number of para-hydroxylation sites is 3. The maximum absolute atomic E-state index is 6.77. The molecule has 0 atom stereocenters. The van der Waals surface area contributed by atoms with Crippen molar-refractivity contribution in [2.45, 2.75) is 5.92 Å². The zero-order valence-corrected chi connectivity index (χ0v) is 25.5. The van der Waals surface area contributed by atoms with Crippen LogP contribution in [0.25, 0.3) is 72.3 Å². The summed E-state index contributed by atoms with van der Waals surface area (Å²) < 4.78 is 9.02. The van der Waals surface area contributed by atoms with E-state index in [1.807, 2.05) is 12.1 Å². The highest BCUT2D eigenvalue weighted by Crippen LogP contribution is 2.50. The van der Waals surface area contributed by atoms with Crippen LogP contribution in [0.2, 0.25) is 0 Å². The number of hydrogen-bond donors (Lipinski definition) is 0. The minimum Gasteiger partial charge on any atom is -0.456 e. The molecule has 0 aliphatic heterocycles. The lowest BCUT2D eigenvalue weighted by Gasteiger charge is -2.14. The summed E-state index contributed by atoms with van der Waals surface area (Å²) in [6.45, 7) is 0. The molecule has 0 radical (unpaired) electrons. The molecule has 0 N–H and O–H groups in total. The van der Waals surface area contributed by atoms with Gasteiger partial charge in [0.2, 0.25) is 0 Å². The fraction of sp³-hybridized carbons (Fsp3) is 0.0227. The molecule has 2 heterocycles. The molecular formula is C44H28N2O. The Hall–Kier alpha value is -6.19. The van der Waals surface area contributed by atoms with Gasteiger partial charge in [0, 0.05) is 33.5 Å². The summed E-state index contributed by atoms with van der Waals surface area (Å²) in [5.74, 6) is 1.07. The Morgan fingerprint density at radius 1 is 0.489 bits per heavy atom. The van der Waals surface area contributed by atoms with E-state index in [0.717, 1.165) is 61.2 Å². The largest absolute Gasteiger partial charge is 0.456 e. The third kappa shape index (κ3) is 3.96. The van der Waals surface area contributed by atoms with Crippen molar-refractivity contribution >= 4 is 33.0 Å². The molecule has 0 amide bonds. The van der Waals surface area contributed by atoms with Gasteiger partial charge >= 0.3 is 0 Å². The Kier molecular flexibility index (Phi) is 5.64. The van der Waals surface area contributed by atoms with Crippen molar-refractivity contribution in [3.63, 3.8) is 0 Å². The van der Waals surface area contributed by atoms with Gasteiger partial charge in [0.05, 0.1) is 11.0 Å².